The van der Waals surface area contributed by atoms with E-state index in [1.165, 1.54) is 29.7 Å². The number of alkyl halides is 3. The van der Waals surface area contributed by atoms with Crippen molar-refractivity contribution in [1.82, 2.24) is 13.7 Å². The molecule has 8 nitrogen and oxygen atoms in total. The monoisotopic (exact) mass is 491 g/mol. The number of carboxylic acid groups (broad SMARTS) is 1. The van der Waals surface area contributed by atoms with Gasteiger partial charge in [-0.1, -0.05) is 23.5 Å². The Morgan fingerprint density at radius 3 is 2.47 bits per heavy atom. The van der Waals surface area contributed by atoms with Crippen LogP contribution >= 0.6 is 11.3 Å². The van der Waals surface area contributed by atoms with Crippen LogP contribution in [0.4, 0.5) is 13.2 Å². The van der Waals surface area contributed by atoms with Crippen LogP contribution in [0, 0.1) is 6.92 Å². The number of aryl methyl sites for hydroxylation is 1. The summed E-state index contributed by atoms with van der Waals surface area (Å²) < 4.78 is 43.4. The van der Waals surface area contributed by atoms with Gasteiger partial charge >= 0.3 is 22.7 Å². The zero-order valence-corrected chi connectivity index (χ0v) is 18.5. The molecule has 4 rings (SSSR count). The summed E-state index contributed by atoms with van der Waals surface area (Å²) in [5.41, 5.74) is -3.08. The molecule has 0 saturated heterocycles. The number of fused-ring (bicyclic) bond motifs is 1. The molecule has 2 aromatic carbocycles. The van der Waals surface area contributed by atoms with E-state index in [0.717, 1.165) is 34.2 Å². The first kappa shape index (κ1) is 23.2. The van der Waals surface area contributed by atoms with Gasteiger partial charge in [0.1, 0.15) is 5.56 Å². The first-order chi connectivity index (χ1) is 15.9. The number of aromatic nitrogens is 3. The minimum absolute atomic E-state index is 0.0415. The molecule has 0 radical (unpaired) electrons. The van der Waals surface area contributed by atoms with Gasteiger partial charge in [-0.15, -0.1) is 0 Å². The fourth-order valence-corrected chi connectivity index (χ4v) is 4.59. The quantitative estimate of drug-likeness (QED) is 0.473. The Labute approximate surface area is 192 Å². The molecule has 4 aromatic rings. The van der Waals surface area contributed by atoms with Crippen LogP contribution in [0.1, 0.15) is 27.0 Å². The lowest BCUT2D eigenvalue weighted by atomic mass is 10.0. The van der Waals surface area contributed by atoms with E-state index in [9.17, 15) is 37.5 Å². The van der Waals surface area contributed by atoms with Crippen LogP contribution < -0.4 is 16.1 Å². The molecule has 0 atom stereocenters. The van der Waals surface area contributed by atoms with Crippen LogP contribution in [0.3, 0.4) is 0 Å². The summed E-state index contributed by atoms with van der Waals surface area (Å²) in [6, 6.07) is 7.92. The van der Waals surface area contributed by atoms with E-state index in [2.05, 4.69) is 0 Å². The number of halogens is 3. The van der Waals surface area contributed by atoms with Crippen molar-refractivity contribution in [1.29, 1.82) is 0 Å². The van der Waals surface area contributed by atoms with Gasteiger partial charge in [-0.3, -0.25) is 18.7 Å². The van der Waals surface area contributed by atoms with Crippen LogP contribution in [0.5, 0.6) is 0 Å². The number of rotatable bonds is 4. The Balaban J connectivity index is 1.94. The summed E-state index contributed by atoms with van der Waals surface area (Å²) in [4.78, 5) is 49.4. The Morgan fingerprint density at radius 2 is 1.82 bits per heavy atom. The van der Waals surface area contributed by atoms with Crippen LogP contribution in [-0.2, 0) is 19.8 Å². The van der Waals surface area contributed by atoms with E-state index >= 15 is 0 Å². The Kier molecular flexibility index (Phi) is 5.56. The van der Waals surface area contributed by atoms with Crippen molar-refractivity contribution in [2.75, 3.05) is 0 Å². The molecule has 1 N–H and O–H groups in total. The third-order valence-corrected chi connectivity index (χ3v) is 6.53. The van der Waals surface area contributed by atoms with E-state index in [1.807, 2.05) is 0 Å². The number of thiazole rings is 1. The molecule has 0 unspecified atom stereocenters. The van der Waals surface area contributed by atoms with Crippen LogP contribution in [0.25, 0.3) is 15.9 Å². The van der Waals surface area contributed by atoms with E-state index < -0.39 is 41.1 Å². The summed E-state index contributed by atoms with van der Waals surface area (Å²) in [5, 5.41) is 9.52. The lowest BCUT2D eigenvalue weighted by Gasteiger charge is -2.16. The van der Waals surface area contributed by atoms with Crippen LogP contribution in [0.15, 0.2) is 57.0 Å². The smallest absolute Gasteiger partial charge is 0.416 e. The maximum atomic E-state index is 13.3. The molecule has 0 fully saturated rings. The second-order valence-electron chi connectivity index (χ2n) is 7.56. The van der Waals surface area contributed by atoms with Crippen LogP contribution in [0.2, 0.25) is 0 Å². The fraction of sp³-hybridized carbons (Fsp3) is 0.182. The van der Waals surface area contributed by atoms with Gasteiger partial charge in [0, 0.05) is 13.2 Å². The van der Waals surface area contributed by atoms with Gasteiger partial charge in [0.25, 0.3) is 5.56 Å². The fourth-order valence-electron chi connectivity index (χ4n) is 3.68. The predicted octanol–water partition coefficient (Wildman–Crippen LogP) is 2.99. The standard InChI is InChI=1S/C22H16F3N3O5S/c1-11-12(4-3-5-15(11)22(23,24)25)9-28-18(29)14(19(30)31)10-27(20(28)32)13-6-7-16-17(8-13)34-21(33)26(16)2/h3-8,10H,9H2,1-2H3,(H,30,31). The molecule has 176 valence electrons. The molecule has 0 aliphatic heterocycles. The molecule has 0 bridgehead atoms. The third-order valence-electron chi connectivity index (χ3n) is 5.54. The second-order valence-corrected chi connectivity index (χ2v) is 8.55. The molecular weight excluding hydrogens is 475 g/mol. The van der Waals surface area contributed by atoms with E-state index in [1.54, 1.807) is 13.1 Å². The van der Waals surface area contributed by atoms with Gasteiger partial charge < -0.3 is 9.67 Å². The minimum atomic E-state index is -4.64. The van der Waals surface area contributed by atoms with Gasteiger partial charge in [0.2, 0.25) is 0 Å². The van der Waals surface area contributed by atoms with Crippen molar-refractivity contribution in [2.45, 2.75) is 19.6 Å². The van der Waals surface area contributed by atoms with E-state index in [0.29, 0.717) is 14.8 Å². The number of carbonyl (C=O) groups is 1. The van der Waals surface area contributed by atoms with E-state index in [-0.39, 0.29) is 21.7 Å². The first-order valence-electron chi connectivity index (χ1n) is 9.75. The largest absolute Gasteiger partial charge is 0.477 e. The summed E-state index contributed by atoms with van der Waals surface area (Å²) in [6.07, 6.45) is -3.77. The van der Waals surface area contributed by atoms with E-state index in [4.69, 9.17) is 0 Å². The second kappa shape index (κ2) is 8.13. The summed E-state index contributed by atoms with van der Waals surface area (Å²) in [7, 11) is 1.58. The van der Waals surface area contributed by atoms with Gasteiger partial charge in [0.15, 0.2) is 0 Å². The summed E-state index contributed by atoms with van der Waals surface area (Å²) in [5.74, 6) is -1.60. The van der Waals surface area contributed by atoms with Crippen molar-refractivity contribution in [2.24, 2.45) is 7.05 Å². The average Bonchev–Trinajstić information content (AvgIpc) is 3.04. The van der Waals surface area contributed by atoms with Crippen LogP contribution in [-0.4, -0.2) is 24.8 Å². The number of aromatic carboxylic acids is 1. The number of benzene rings is 2. The molecule has 0 amide bonds. The van der Waals surface area contributed by atoms with Crippen molar-refractivity contribution in [3.05, 3.63) is 95.4 Å². The molecule has 34 heavy (non-hydrogen) atoms. The minimum Gasteiger partial charge on any atom is -0.477 e. The van der Waals surface area contributed by atoms with Crippen molar-refractivity contribution < 1.29 is 23.1 Å². The Hall–Kier alpha value is -3.93. The first-order valence-corrected chi connectivity index (χ1v) is 10.6. The predicted molar refractivity (Wildman–Crippen MR) is 119 cm³/mol. The lowest BCUT2D eigenvalue weighted by molar-refractivity contribution is -0.138. The van der Waals surface area contributed by atoms with Gasteiger partial charge in [-0.05, 0) is 42.3 Å². The zero-order valence-electron chi connectivity index (χ0n) is 17.7. The molecule has 0 saturated carbocycles. The third kappa shape index (κ3) is 3.85. The van der Waals surface area contributed by atoms with Crippen molar-refractivity contribution >= 4 is 27.5 Å². The Bertz CT molecular complexity index is 1640. The van der Waals surface area contributed by atoms with Gasteiger partial charge in [0.05, 0.1) is 28.0 Å². The normalized spacial score (nSPS) is 11.8. The molecule has 12 heteroatoms. The molecule has 2 heterocycles. The summed E-state index contributed by atoms with van der Waals surface area (Å²) >= 11 is 0.920. The molecular formula is C22H16F3N3O5S. The zero-order chi connectivity index (χ0) is 24.9. The maximum Gasteiger partial charge on any atom is 0.416 e. The highest BCUT2D eigenvalue weighted by Gasteiger charge is 2.33. The van der Waals surface area contributed by atoms with Gasteiger partial charge in [-0.25, -0.2) is 9.59 Å². The van der Waals surface area contributed by atoms with Crippen molar-refractivity contribution in [3.63, 3.8) is 0 Å². The average molecular weight is 491 g/mol. The highest BCUT2D eigenvalue weighted by Crippen LogP contribution is 2.33. The summed E-state index contributed by atoms with van der Waals surface area (Å²) in [6.45, 7) is 0.656. The highest BCUT2D eigenvalue weighted by atomic mass is 32.1. The number of hydrogen-bond donors (Lipinski definition) is 1. The SMILES string of the molecule is Cc1c(Cn2c(=O)c(C(=O)O)cn(-c3ccc4c(c3)sc(=O)n4C)c2=O)cccc1C(F)(F)F. The molecule has 0 spiro atoms. The van der Waals surface area contributed by atoms with Gasteiger partial charge in [-0.2, -0.15) is 13.2 Å². The highest BCUT2D eigenvalue weighted by molar-refractivity contribution is 7.16. The van der Waals surface area contributed by atoms with Crippen molar-refractivity contribution in [3.8, 4) is 5.69 Å². The number of carboxylic acids is 1. The topological polar surface area (TPSA) is 103 Å². The Morgan fingerprint density at radius 1 is 1.12 bits per heavy atom. The molecule has 0 aliphatic rings. The number of nitrogens with zero attached hydrogens (tertiary/aromatic N) is 3. The lowest BCUT2D eigenvalue weighted by Crippen LogP contribution is -2.42. The molecule has 2 aromatic heterocycles. The number of hydrogen-bond acceptors (Lipinski definition) is 5. The maximum absolute atomic E-state index is 13.3. The molecule has 0 aliphatic carbocycles.